The third-order valence-electron chi connectivity index (χ3n) is 13.3. The van der Waals surface area contributed by atoms with Gasteiger partial charge in [-0.25, -0.2) is 0 Å². The summed E-state index contributed by atoms with van der Waals surface area (Å²) in [6.07, 6.45) is 0.959. The number of aliphatic hydroxyl groups is 1. The highest BCUT2D eigenvalue weighted by Gasteiger charge is 2.42. The van der Waals surface area contributed by atoms with Crippen molar-refractivity contribution in [3.05, 3.63) is 0 Å². The fourth-order valence-corrected chi connectivity index (χ4v) is 7.83. The first kappa shape index (κ1) is 60.9. The van der Waals surface area contributed by atoms with Crippen LogP contribution in [-0.4, -0.2) is 184 Å². The fourth-order valence-electron chi connectivity index (χ4n) is 7.83. The van der Waals surface area contributed by atoms with Gasteiger partial charge in [0.15, 0.2) is 5.78 Å². The molecule has 1 aliphatic heterocycles. The molecule has 0 radical (unpaired) electrons. The number of rotatable bonds is 26. The third kappa shape index (κ3) is 17.4. The molecule has 1 heterocycles. The predicted octanol–water partition coefficient (Wildman–Crippen LogP) is 1.07. The number of ketones is 1. The summed E-state index contributed by atoms with van der Waals surface area (Å²) in [7, 11) is 5.83. The molecule has 0 unspecified atom stereocenters. The quantitative estimate of drug-likeness (QED) is 0.0820. The number of amides is 9. The Kier molecular flexibility index (Phi) is 24.8. The molecular weight excluding hydrogens is 879 g/mol. The van der Waals surface area contributed by atoms with Gasteiger partial charge in [-0.05, 0) is 85.0 Å². The molecule has 68 heavy (non-hydrogen) atoms. The maximum absolute atomic E-state index is 13.8. The van der Waals surface area contributed by atoms with Gasteiger partial charge < -0.3 is 50.9 Å². The van der Waals surface area contributed by atoms with Gasteiger partial charge in [-0.3, -0.25) is 47.9 Å². The molecule has 1 saturated heterocycles. The Hall–Kier alpha value is -5.14. The summed E-state index contributed by atoms with van der Waals surface area (Å²) in [4.78, 5) is 140. The fraction of sp³-hybridized carbons (Fsp3) is 0.792. The first-order valence-electron chi connectivity index (χ1n) is 24.1. The monoisotopic (exact) mass is 964 g/mol. The number of Topliss-reactive ketones (excluding diaryl/α,β-unsaturated/α-hetero) is 1. The standard InChI is InChI=1S/C48H85N9O11/c1-18-28(6)41(56(17)48(68)38-20-19-21-57(38)46(66)30(8)34(12)58)45(65)49-25-40(61)54(15)33(11)42(62)51-36(22-26(2)3)44(64)50-29(7)24-39(60)53(14)32(10)43(63)52-37(23-27(4)5)47(67)55(16)31(9)35(13)59/h26-34,36-38,41,58H,18-25H2,1-17H3,(H,49,65)(H,50,64)(H,51,62)(H,52,63)/t28-,29-,30-,31-,32-,33-,34+,36-,37+,38-,41-/m0/s1. The van der Waals surface area contributed by atoms with E-state index in [2.05, 4.69) is 21.3 Å². The summed E-state index contributed by atoms with van der Waals surface area (Å²) in [6, 6.07) is -7.23. The van der Waals surface area contributed by atoms with Crippen LogP contribution < -0.4 is 21.3 Å². The van der Waals surface area contributed by atoms with E-state index >= 15 is 0 Å². The van der Waals surface area contributed by atoms with E-state index in [1.54, 1.807) is 27.7 Å². The summed E-state index contributed by atoms with van der Waals surface area (Å²) in [5, 5.41) is 20.9. The molecule has 20 nitrogen and oxygen atoms in total. The van der Waals surface area contributed by atoms with E-state index in [1.807, 2.05) is 34.6 Å². The molecule has 1 fully saturated rings. The average molecular weight is 964 g/mol. The van der Waals surface area contributed by atoms with Crippen molar-refractivity contribution in [2.75, 3.05) is 41.3 Å². The van der Waals surface area contributed by atoms with Crippen LogP contribution >= 0.6 is 0 Å². The second-order valence-corrected chi connectivity index (χ2v) is 19.8. The third-order valence-corrected chi connectivity index (χ3v) is 13.3. The maximum Gasteiger partial charge on any atom is 0.245 e. The zero-order valence-electron chi connectivity index (χ0n) is 43.9. The Labute approximate surface area is 404 Å². The molecule has 5 N–H and O–H groups in total. The number of carbonyl (C=O) groups is 10. The summed E-state index contributed by atoms with van der Waals surface area (Å²) in [5.74, 6) is -5.89. The highest BCUT2D eigenvalue weighted by molar-refractivity contribution is 5.96. The Morgan fingerprint density at radius 3 is 1.62 bits per heavy atom. The van der Waals surface area contributed by atoms with Crippen molar-refractivity contribution < 1.29 is 53.1 Å². The maximum atomic E-state index is 13.8. The van der Waals surface area contributed by atoms with Gasteiger partial charge in [-0.15, -0.1) is 0 Å². The van der Waals surface area contributed by atoms with Gasteiger partial charge in [0.25, 0.3) is 0 Å². The first-order chi connectivity index (χ1) is 31.4. The van der Waals surface area contributed by atoms with Crippen LogP contribution in [0.25, 0.3) is 0 Å². The molecule has 388 valence electrons. The normalized spacial score (nSPS) is 18.1. The number of nitrogens with one attached hydrogen (secondary N) is 4. The zero-order chi connectivity index (χ0) is 52.7. The molecule has 0 aliphatic carbocycles. The number of aliphatic hydroxyl groups excluding tert-OH is 1. The molecule has 0 bridgehead atoms. The molecule has 20 heteroatoms. The van der Waals surface area contributed by atoms with Gasteiger partial charge in [0.1, 0.15) is 36.3 Å². The average Bonchev–Trinajstić information content (AvgIpc) is 3.77. The number of likely N-dealkylation sites (N-methyl/N-ethyl adjacent to an activating group) is 4. The first-order valence-corrected chi connectivity index (χ1v) is 24.1. The van der Waals surface area contributed by atoms with Gasteiger partial charge in [-0.2, -0.15) is 0 Å². The highest BCUT2D eigenvalue weighted by Crippen LogP contribution is 2.25. The van der Waals surface area contributed by atoms with Crippen molar-refractivity contribution in [3.8, 4) is 0 Å². The van der Waals surface area contributed by atoms with E-state index < -0.39 is 114 Å². The van der Waals surface area contributed by atoms with E-state index in [-0.39, 0.29) is 42.3 Å². The summed E-state index contributed by atoms with van der Waals surface area (Å²) < 4.78 is 0. The number of nitrogens with zero attached hydrogens (tertiary/aromatic N) is 5. The van der Waals surface area contributed by atoms with Gasteiger partial charge >= 0.3 is 0 Å². The molecule has 1 aliphatic rings. The molecule has 0 aromatic heterocycles. The Morgan fingerprint density at radius 1 is 0.632 bits per heavy atom. The van der Waals surface area contributed by atoms with E-state index in [0.29, 0.717) is 32.2 Å². The van der Waals surface area contributed by atoms with E-state index in [9.17, 15) is 53.1 Å². The molecular formula is C48H85N9O11. The summed E-state index contributed by atoms with van der Waals surface area (Å²) >= 11 is 0. The Balaban J connectivity index is 2.98. The molecule has 0 saturated carbocycles. The van der Waals surface area contributed by atoms with Crippen LogP contribution in [-0.2, 0) is 47.9 Å². The second kappa shape index (κ2) is 27.8. The number of hydrogen-bond donors (Lipinski definition) is 5. The largest absolute Gasteiger partial charge is 0.393 e. The molecule has 0 aromatic rings. The molecule has 0 aromatic carbocycles. The van der Waals surface area contributed by atoms with E-state index in [1.165, 1.54) is 75.5 Å². The van der Waals surface area contributed by atoms with Crippen LogP contribution in [0.15, 0.2) is 0 Å². The highest BCUT2D eigenvalue weighted by atomic mass is 16.3. The molecule has 1 rings (SSSR count). The summed E-state index contributed by atoms with van der Waals surface area (Å²) in [5.41, 5.74) is 0. The minimum Gasteiger partial charge on any atom is -0.393 e. The van der Waals surface area contributed by atoms with Crippen LogP contribution in [0, 0.1) is 23.7 Å². The van der Waals surface area contributed by atoms with Crippen LogP contribution in [0.1, 0.15) is 129 Å². The van der Waals surface area contributed by atoms with Gasteiger partial charge in [0.2, 0.25) is 53.2 Å². The van der Waals surface area contributed by atoms with Crippen molar-refractivity contribution in [3.63, 3.8) is 0 Å². The number of likely N-dealkylation sites (tertiary alicyclic amines) is 1. The van der Waals surface area contributed by atoms with E-state index in [4.69, 9.17) is 0 Å². The molecule has 9 amide bonds. The van der Waals surface area contributed by atoms with Gasteiger partial charge in [0, 0.05) is 47.2 Å². The summed E-state index contributed by atoms with van der Waals surface area (Å²) in [6.45, 7) is 21.8. The lowest BCUT2D eigenvalue weighted by Crippen LogP contribution is -2.58. The van der Waals surface area contributed by atoms with Crippen LogP contribution in [0.3, 0.4) is 0 Å². The number of hydrogen-bond acceptors (Lipinski definition) is 11. The van der Waals surface area contributed by atoms with Gasteiger partial charge in [-0.1, -0.05) is 54.9 Å². The smallest absolute Gasteiger partial charge is 0.245 e. The van der Waals surface area contributed by atoms with Crippen molar-refractivity contribution in [2.24, 2.45) is 23.7 Å². The molecule has 11 atom stereocenters. The lowest BCUT2D eigenvalue weighted by atomic mass is 9.96. The van der Waals surface area contributed by atoms with Crippen molar-refractivity contribution in [2.45, 2.75) is 183 Å². The van der Waals surface area contributed by atoms with Crippen molar-refractivity contribution >= 4 is 58.9 Å². The Morgan fingerprint density at radius 2 is 1.13 bits per heavy atom. The predicted molar refractivity (Wildman–Crippen MR) is 257 cm³/mol. The lowest BCUT2D eigenvalue weighted by molar-refractivity contribution is -0.150. The molecule has 0 spiro atoms. The van der Waals surface area contributed by atoms with Crippen LogP contribution in [0.2, 0.25) is 0 Å². The van der Waals surface area contributed by atoms with E-state index in [0.717, 1.165) is 4.90 Å². The lowest BCUT2D eigenvalue weighted by Gasteiger charge is -2.36. The van der Waals surface area contributed by atoms with Crippen molar-refractivity contribution in [1.82, 2.24) is 45.8 Å². The number of carbonyl (C=O) groups excluding carboxylic acids is 10. The van der Waals surface area contributed by atoms with Crippen molar-refractivity contribution in [1.29, 1.82) is 0 Å². The SMILES string of the molecule is CC[C@H](C)[C@@H](C(=O)NCC(=O)N(C)[C@@H](C)C(=O)N[C@@H](CC(C)C)C(=O)N[C@@H](C)CC(=O)N(C)[C@@H](C)C(=O)N[C@H](CC(C)C)C(=O)N(C)[C@@H](C)C(C)=O)N(C)C(=O)[C@@H]1CCCN1C(=O)[C@@H](C)[C@@H](C)O. The Bertz CT molecular complexity index is 1790. The zero-order valence-corrected chi connectivity index (χ0v) is 43.9. The second-order valence-electron chi connectivity index (χ2n) is 19.8. The minimum absolute atomic E-state index is 0.0312. The van der Waals surface area contributed by atoms with Gasteiger partial charge in [0.05, 0.1) is 24.6 Å². The topological polar surface area (TPSA) is 255 Å². The van der Waals surface area contributed by atoms with Crippen LogP contribution in [0.4, 0.5) is 0 Å². The van der Waals surface area contributed by atoms with Crippen LogP contribution in [0.5, 0.6) is 0 Å². The minimum atomic E-state index is -1.08.